The standard InChI is InChI=1S/C25H21N3O2S/c1-17-21(25(30)28-13-11-23-20(16-28)12-14-31-23)7-4-8-22(17)27-24(29)10-9-18-5-2-3-6-19(18)15-26/h2-10,12,14H,11,13,16H2,1H3,(H,27,29)/b10-9+. The van der Waals surface area contributed by atoms with E-state index in [0.29, 0.717) is 35.5 Å². The van der Waals surface area contributed by atoms with E-state index < -0.39 is 0 Å². The highest BCUT2D eigenvalue weighted by molar-refractivity contribution is 7.10. The Morgan fingerprint density at radius 2 is 2.00 bits per heavy atom. The Bertz CT molecular complexity index is 1220. The minimum Gasteiger partial charge on any atom is -0.334 e. The van der Waals surface area contributed by atoms with Crippen molar-refractivity contribution in [1.29, 1.82) is 5.26 Å². The van der Waals surface area contributed by atoms with Gasteiger partial charge in [0.25, 0.3) is 5.91 Å². The summed E-state index contributed by atoms with van der Waals surface area (Å²) in [5, 5.41) is 14.1. The van der Waals surface area contributed by atoms with E-state index in [0.717, 1.165) is 12.0 Å². The number of nitrogens with one attached hydrogen (secondary N) is 1. The number of benzene rings is 2. The quantitative estimate of drug-likeness (QED) is 0.609. The molecule has 3 aromatic rings. The van der Waals surface area contributed by atoms with E-state index in [2.05, 4.69) is 22.8 Å². The highest BCUT2D eigenvalue weighted by Gasteiger charge is 2.24. The third-order valence-electron chi connectivity index (χ3n) is 5.41. The number of nitrogens with zero attached hydrogens (tertiary/aromatic N) is 2. The van der Waals surface area contributed by atoms with Crippen LogP contribution in [0.5, 0.6) is 0 Å². The molecule has 5 nitrogen and oxygen atoms in total. The van der Waals surface area contributed by atoms with Crippen LogP contribution in [0.1, 0.15) is 37.5 Å². The van der Waals surface area contributed by atoms with Gasteiger partial charge in [0.05, 0.1) is 11.6 Å². The van der Waals surface area contributed by atoms with Gasteiger partial charge in [0, 0.05) is 35.3 Å². The van der Waals surface area contributed by atoms with Crippen molar-refractivity contribution in [1.82, 2.24) is 4.90 Å². The summed E-state index contributed by atoms with van der Waals surface area (Å²) in [7, 11) is 0. The van der Waals surface area contributed by atoms with Crippen LogP contribution in [-0.2, 0) is 17.8 Å². The van der Waals surface area contributed by atoms with Crippen molar-refractivity contribution < 1.29 is 9.59 Å². The van der Waals surface area contributed by atoms with Crippen molar-refractivity contribution in [2.24, 2.45) is 0 Å². The van der Waals surface area contributed by atoms with E-state index in [4.69, 9.17) is 5.26 Å². The van der Waals surface area contributed by atoms with E-state index in [-0.39, 0.29) is 11.8 Å². The molecule has 154 valence electrons. The number of nitriles is 1. The second-order valence-corrected chi connectivity index (χ2v) is 8.35. The number of hydrogen-bond donors (Lipinski definition) is 1. The summed E-state index contributed by atoms with van der Waals surface area (Å²) < 4.78 is 0. The second kappa shape index (κ2) is 8.99. The van der Waals surface area contributed by atoms with Crippen LogP contribution in [0.2, 0.25) is 0 Å². The maximum Gasteiger partial charge on any atom is 0.254 e. The molecule has 0 atom stereocenters. The van der Waals surface area contributed by atoms with Crippen LogP contribution >= 0.6 is 11.3 Å². The average molecular weight is 428 g/mol. The predicted molar refractivity (Wildman–Crippen MR) is 123 cm³/mol. The van der Waals surface area contributed by atoms with Gasteiger partial charge in [0.15, 0.2) is 0 Å². The number of anilines is 1. The third-order valence-corrected chi connectivity index (χ3v) is 6.44. The van der Waals surface area contributed by atoms with E-state index >= 15 is 0 Å². The van der Waals surface area contributed by atoms with Gasteiger partial charge < -0.3 is 10.2 Å². The molecule has 0 unspecified atom stereocenters. The fourth-order valence-corrected chi connectivity index (χ4v) is 4.57. The summed E-state index contributed by atoms with van der Waals surface area (Å²) in [6.45, 7) is 3.16. The molecule has 0 saturated heterocycles. The molecule has 0 fully saturated rings. The zero-order chi connectivity index (χ0) is 21.8. The van der Waals surface area contributed by atoms with Gasteiger partial charge in [-0.1, -0.05) is 24.3 Å². The van der Waals surface area contributed by atoms with Crippen molar-refractivity contribution in [3.8, 4) is 6.07 Å². The van der Waals surface area contributed by atoms with Crippen molar-refractivity contribution >= 4 is 34.9 Å². The van der Waals surface area contributed by atoms with E-state index in [1.165, 1.54) is 16.5 Å². The lowest BCUT2D eigenvalue weighted by atomic mass is 10.0. The number of fused-ring (bicyclic) bond motifs is 1. The highest BCUT2D eigenvalue weighted by Crippen LogP contribution is 2.27. The van der Waals surface area contributed by atoms with Crippen molar-refractivity contribution in [2.75, 3.05) is 11.9 Å². The molecule has 1 aliphatic heterocycles. The Labute approximate surface area is 185 Å². The van der Waals surface area contributed by atoms with Crippen LogP contribution in [0.15, 0.2) is 60.0 Å². The maximum atomic E-state index is 13.1. The van der Waals surface area contributed by atoms with Crippen LogP contribution in [0, 0.1) is 18.3 Å². The van der Waals surface area contributed by atoms with E-state index in [1.54, 1.807) is 53.8 Å². The first kappa shape index (κ1) is 20.6. The molecule has 0 saturated carbocycles. The highest BCUT2D eigenvalue weighted by atomic mass is 32.1. The first-order chi connectivity index (χ1) is 15.1. The number of thiophene rings is 1. The van der Waals surface area contributed by atoms with Crippen molar-refractivity contribution in [2.45, 2.75) is 19.9 Å². The van der Waals surface area contributed by atoms with Gasteiger partial charge in [-0.25, -0.2) is 0 Å². The Kier molecular flexibility index (Phi) is 5.96. The third kappa shape index (κ3) is 4.42. The molecule has 6 heteroatoms. The zero-order valence-corrected chi connectivity index (χ0v) is 17.9. The molecule has 2 heterocycles. The summed E-state index contributed by atoms with van der Waals surface area (Å²) in [4.78, 5) is 28.8. The van der Waals surface area contributed by atoms with Crippen LogP contribution < -0.4 is 5.32 Å². The van der Waals surface area contributed by atoms with Gasteiger partial charge in [-0.3, -0.25) is 9.59 Å². The fourth-order valence-electron chi connectivity index (χ4n) is 3.68. The van der Waals surface area contributed by atoms with Crippen LogP contribution in [0.25, 0.3) is 6.08 Å². The molecule has 1 aromatic heterocycles. The average Bonchev–Trinajstić information content (AvgIpc) is 3.27. The smallest absolute Gasteiger partial charge is 0.254 e. The van der Waals surface area contributed by atoms with E-state index in [1.807, 2.05) is 17.9 Å². The lowest BCUT2D eigenvalue weighted by Gasteiger charge is -2.28. The SMILES string of the molecule is Cc1c(NC(=O)/C=C/c2ccccc2C#N)cccc1C(=O)N1CCc2sccc2C1. The molecular weight excluding hydrogens is 406 g/mol. The molecular formula is C25H21N3O2S. The first-order valence-electron chi connectivity index (χ1n) is 9.99. The molecule has 2 amide bonds. The second-order valence-electron chi connectivity index (χ2n) is 7.35. The zero-order valence-electron chi connectivity index (χ0n) is 17.1. The maximum absolute atomic E-state index is 13.1. The number of amides is 2. The largest absolute Gasteiger partial charge is 0.334 e. The van der Waals surface area contributed by atoms with Gasteiger partial charge >= 0.3 is 0 Å². The normalized spacial score (nSPS) is 13.0. The van der Waals surface area contributed by atoms with Crippen LogP contribution in [0.4, 0.5) is 5.69 Å². The lowest BCUT2D eigenvalue weighted by molar-refractivity contribution is -0.111. The Balaban J connectivity index is 1.49. The summed E-state index contributed by atoms with van der Waals surface area (Å²) >= 11 is 1.74. The molecule has 0 spiro atoms. The molecule has 1 N–H and O–H groups in total. The molecule has 0 radical (unpaired) electrons. The van der Waals surface area contributed by atoms with Crippen molar-refractivity contribution in [3.63, 3.8) is 0 Å². The summed E-state index contributed by atoms with van der Waals surface area (Å²) in [6.07, 6.45) is 3.89. The minimum absolute atomic E-state index is 0.0241. The lowest BCUT2D eigenvalue weighted by Crippen LogP contribution is -2.35. The number of carbonyl (C=O) groups is 2. The number of hydrogen-bond acceptors (Lipinski definition) is 4. The molecule has 1 aliphatic rings. The molecule has 31 heavy (non-hydrogen) atoms. The van der Waals surface area contributed by atoms with Gasteiger partial charge in [-0.05, 0) is 65.8 Å². The van der Waals surface area contributed by atoms with E-state index in [9.17, 15) is 9.59 Å². The van der Waals surface area contributed by atoms with Crippen LogP contribution in [-0.4, -0.2) is 23.3 Å². The summed E-state index contributed by atoms with van der Waals surface area (Å²) in [5.41, 5.74) is 4.33. The molecule has 0 bridgehead atoms. The van der Waals surface area contributed by atoms with Gasteiger partial charge in [-0.15, -0.1) is 11.3 Å². The minimum atomic E-state index is -0.318. The monoisotopic (exact) mass is 427 g/mol. The summed E-state index contributed by atoms with van der Waals surface area (Å²) in [6, 6.07) is 16.6. The van der Waals surface area contributed by atoms with Gasteiger partial charge in [0.2, 0.25) is 5.91 Å². The van der Waals surface area contributed by atoms with Crippen LogP contribution in [0.3, 0.4) is 0 Å². The number of rotatable bonds is 4. The molecule has 4 rings (SSSR count). The predicted octanol–water partition coefficient (Wildman–Crippen LogP) is 4.78. The molecule has 0 aliphatic carbocycles. The Morgan fingerprint density at radius 1 is 1.16 bits per heavy atom. The van der Waals surface area contributed by atoms with Crippen molar-refractivity contribution in [3.05, 3.63) is 92.7 Å². The fraction of sp³-hybridized carbons (Fsp3) is 0.160. The summed E-state index contributed by atoms with van der Waals surface area (Å²) in [5.74, 6) is -0.342. The topological polar surface area (TPSA) is 73.2 Å². The molecule has 2 aromatic carbocycles. The first-order valence-corrected chi connectivity index (χ1v) is 10.9. The Morgan fingerprint density at radius 3 is 2.84 bits per heavy atom. The Hall–Kier alpha value is -3.69. The van der Waals surface area contributed by atoms with Gasteiger partial charge in [0.1, 0.15) is 0 Å². The number of carbonyl (C=O) groups excluding carboxylic acids is 2. The van der Waals surface area contributed by atoms with Gasteiger partial charge in [-0.2, -0.15) is 5.26 Å².